The second kappa shape index (κ2) is 6.29. The van der Waals surface area contributed by atoms with Gasteiger partial charge in [0.1, 0.15) is 0 Å². The molecule has 2 aromatic rings. The van der Waals surface area contributed by atoms with Crippen LogP contribution >= 0.6 is 11.8 Å². The van der Waals surface area contributed by atoms with Crippen molar-refractivity contribution in [1.82, 2.24) is 0 Å². The van der Waals surface area contributed by atoms with Crippen molar-refractivity contribution >= 4 is 23.4 Å². The molecule has 0 heterocycles. The number of nitrogens with one attached hydrogen (secondary N) is 1. The summed E-state index contributed by atoms with van der Waals surface area (Å²) in [6.07, 6.45) is 2.03. The number of anilines is 1. The molecule has 2 aromatic carbocycles. The Labute approximate surface area is 116 Å². The Hall–Kier alpha value is -1.94. The van der Waals surface area contributed by atoms with Gasteiger partial charge in [0.05, 0.1) is 5.56 Å². The predicted molar refractivity (Wildman–Crippen MR) is 79.0 cm³/mol. The number of carboxylic acid groups (broad SMARTS) is 1. The summed E-state index contributed by atoms with van der Waals surface area (Å²) in [6.45, 7) is 0.501. The fraction of sp³-hybridized carbons (Fsp3) is 0.133. The monoisotopic (exact) mass is 273 g/mol. The number of carbonyl (C=O) groups is 1. The van der Waals surface area contributed by atoms with Gasteiger partial charge >= 0.3 is 5.97 Å². The summed E-state index contributed by atoms with van der Waals surface area (Å²) >= 11 is 1.69. The van der Waals surface area contributed by atoms with Crippen molar-refractivity contribution in [3.63, 3.8) is 0 Å². The average Bonchev–Trinajstić information content (AvgIpc) is 2.46. The molecule has 0 radical (unpaired) electrons. The average molecular weight is 273 g/mol. The molecule has 0 atom stereocenters. The summed E-state index contributed by atoms with van der Waals surface area (Å²) in [5.74, 6) is -0.893. The molecule has 3 nitrogen and oxygen atoms in total. The largest absolute Gasteiger partial charge is 0.478 e. The highest BCUT2D eigenvalue weighted by Gasteiger charge is 2.08. The number of thioether (sulfide) groups is 1. The van der Waals surface area contributed by atoms with Crippen LogP contribution in [0.25, 0.3) is 0 Å². The summed E-state index contributed by atoms with van der Waals surface area (Å²) in [6, 6.07) is 15.1. The molecule has 4 heteroatoms. The highest BCUT2D eigenvalue weighted by molar-refractivity contribution is 7.98. The standard InChI is InChI=1S/C15H15NO2S/c1-19-13-8-6-12(7-9-13)16-10-11-4-2-3-5-14(11)15(17)18/h2-9,16H,10H2,1H3,(H,17,18). The van der Waals surface area contributed by atoms with Crippen molar-refractivity contribution in [2.24, 2.45) is 0 Å². The first-order chi connectivity index (χ1) is 9.20. The first-order valence-corrected chi connectivity index (χ1v) is 7.12. The molecule has 2 rings (SSSR count). The summed E-state index contributed by atoms with van der Waals surface area (Å²) in [5, 5.41) is 12.3. The third-order valence-corrected chi connectivity index (χ3v) is 3.56. The van der Waals surface area contributed by atoms with Crippen LogP contribution in [0.1, 0.15) is 15.9 Å². The number of benzene rings is 2. The maximum Gasteiger partial charge on any atom is 0.336 e. The van der Waals surface area contributed by atoms with Gasteiger partial charge in [-0.3, -0.25) is 0 Å². The molecule has 0 amide bonds. The molecule has 0 fully saturated rings. The quantitative estimate of drug-likeness (QED) is 0.815. The molecule has 0 aliphatic rings. The van der Waals surface area contributed by atoms with Gasteiger partial charge in [0.25, 0.3) is 0 Å². The minimum atomic E-state index is -0.893. The van der Waals surface area contributed by atoms with Crippen LogP contribution in [0.3, 0.4) is 0 Å². The lowest BCUT2D eigenvalue weighted by Gasteiger charge is -2.09. The predicted octanol–water partition coefficient (Wildman–Crippen LogP) is 3.72. The van der Waals surface area contributed by atoms with E-state index in [4.69, 9.17) is 5.11 Å². The van der Waals surface area contributed by atoms with Crippen LogP contribution in [0, 0.1) is 0 Å². The zero-order chi connectivity index (χ0) is 13.7. The zero-order valence-corrected chi connectivity index (χ0v) is 11.4. The molecule has 0 saturated heterocycles. The van der Waals surface area contributed by atoms with E-state index < -0.39 is 5.97 Å². The Kier molecular flexibility index (Phi) is 4.47. The highest BCUT2D eigenvalue weighted by Crippen LogP contribution is 2.18. The van der Waals surface area contributed by atoms with Crippen LogP contribution in [-0.4, -0.2) is 17.3 Å². The molecule has 0 aliphatic heterocycles. The van der Waals surface area contributed by atoms with E-state index >= 15 is 0 Å². The third-order valence-electron chi connectivity index (χ3n) is 2.82. The first-order valence-electron chi connectivity index (χ1n) is 5.90. The van der Waals surface area contributed by atoms with Crippen LogP contribution in [0.2, 0.25) is 0 Å². The van der Waals surface area contributed by atoms with Crippen molar-refractivity contribution in [3.05, 3.63) is 59.7 Å². The van der Waals surface area contributed by atoms with Crippen LogP contribution in [0.4, 0.5) is 5.69 Å². The van der Waals surface area contributed by atoms with Gasteiger partial charge in [0.15, 0.2) is 0 Å². The number of rotatable bonds is 5. The number of aromatic carboxylic acids is 1. The van der Waals surface area contributed by atoms with Gasteiger partial charge < -0.3 is 10.4 Å². The Morgan fingerprint density at radius 1 is 1.16 bits per heavy atom. The van der Waals surface area contributed by atoms with E-state index in [0.717, 1.165) is 11.3 Å². The van der Waals surface area contributed by atoms with Crippen molar-refractivity contribution < 1.29 is 9.90 Å². The summed E-state index contributed by atoms with van der Waals surface area (Å²) in [7, 11) is 0. The highest BCUT2D eigenvalue weighted by atomic mass is 32.2. The van der Waals surface area contributed by atoms with Gasteiger partial charge in [-0.1, -0.05) is 18.2 Å². The molecule has 0 bridgehead atoms. The Bertz CT molecular complexity index is 567. The van der Waals surface area contributed by atoms with Crippen LogP contribution in [0.5, 0.6) is 0 Å². The Morgan fingerprint density at radius 3 is 2.47 bits per heavy atom. The summed E-state index contributed by atoms with van der Waals surface area (Å²) in [4.78, 5) is 12.3. The second-order valence-electron chi connectivity index (χ2n) is 4.04. The normalized spacial score (nSPS) is 10.2. The fourth-order valence-corrected chi connectivity index (χ4v) is 2.20. The molecule has 0 aromatic heterocycles. The van der Waals surface area contributed by atoms with E-state index in [2.05, 4.69) is 5.32 Å². The lowest BCUT2D eigenvalue weighted by molar-refractivity contribution is 0.0696. The van der Waals surface area contributed by atoms with Gasteiger partial charge in [0, 0.05) is 17.1 Å². The van der Waals surface area contributed by atoms with Crippen LogP contribution in [-0.2, 0) is 6.54 Å². The summed E-state index contributed by atoms with van der Waals surface area (Å²) < 4.78 is 0. The molecule has 2 N–H and O–H groups in total. The van der Waals surface area contributed by atoms with E-state index in [9.17, 15) is 4.79 Å². The third kappa shape index (κ3) is 3.51. The lowest BCUT2D eigenvalue weighted by Crippen LogP contribution is -2.06. The topological polar surface area (TPSA) is 49.3 Å². The molecule has 0 spiro atoms. The van der Waals surface area contributed by atoms with Crippen molar-refractivity contribution in [2.45, 2.75) is 11.4 Å². The zero-order valence-electron chi connectivity index (χ0n) is 10.6. The minimum Gasteiger partial charge on any atom is -0.478 e. The number of carboxylic acids is 1. The van der Waals surface area contributed by atoms with Crippen molar-refractivity contribution in [3.8, 4) is 0 Å². The molecule has 0 unspecified atom stereocenters. The molecule has 0 aliphatic carbocycles. The smallest absolute Gasteiger partial charge is 0.336 e. The number of hydrogen-bond acceptors (Lipinski definition) is 3. The van der Waals surface area contributed by atoms with E-state index in [1.54, 1.807) is 23.9 Å². The molecular weight excluding hydrogens is 258 g/mol. The molecular formula is C15H15NO2S. The molecule has 19 heavy (non-hydrogen) atoms. The Morgan fingerprint density at radius 2 is 1.84 bits per heavy atom. The van der Waals surface area contributed by atoms with E-state index in [0.29, 0.717) is 12.1 Å². The maximum atomic E-state index is 11.1. The van der Waals surface area contributed by atoms with Crippen LogP contribution < -0.4 is 5.32 Å². The minimum absolute atomic E-state index is 0.343. The Balaban J connectivity index is 2.07. The van der Waals surface area contributed by atoms with E-state index in [-0.39, 0.29) is 0 Å². The lowest BCUT2D eigenvalue weighted by atomic mass is 10.1. The molecule has 98 valence electrons. The van der Waals surface area contributed by atoms with E-state index in [1.165, 1.54) is 4.90 Å². The number of hydrogen-bond donors (Lipinski definition) is 2. The van der Waals surface area contributed by atoms with Gasteiger partial charge in [-0.2, -0.15) is 0 Å². The molecule has 0 saturated carbocycles. The first kappa shape index (κ1) is 13.5. The van der Waals surface area contributed by atoms with Gasteiger partial charge in [-0.15, -0.1) is 11.8 Å². The van der Waals surface area contributed by atoms with Crippen molar-refractivity contribution in [2.75, 3.05) is 11.6 Å². The fourth-order valence-electron chi connectivity index (χ4n) is 1.79. The van der Waals surface area contributed by atoms with Gasteiger partial charge in [-0.25, -0.2) is 4.79 Å². The maximum absolute atomic E-state index is 11.1. The van der Waals surface area contributed by atoms with Crippen LogP contribution in [0.15, 0.2) is 53.4 Å². The SMILES string of the molecule is CSc1ccc(NCc2ccccc2C(=O)O)cc1. The van der Waals surface area contributed by atoms with Gasteiger partial charge in [0.2, 0.25) is 0 Å². The van der Waals surface area contributed by atoms with Crippen molar-refractivity contribution in [1.29, 1.82) is 0 Å². The van der Waals surface area contributed by atoms with E-state index in [1.807, 2.05) is 42.7 Å². The second-order valence-corrected chi connectivity index (χ2v) is 4.92. The van der Waals surface area contributed by atoms with Gasteiger partial charge in [-0.05, 0) is 42.2 Å². The summed E-state index contributed by atoms with van der Waals surface area (Å²) in [5.41, 5.74) is 2.11.